The van der Waals surface area contributed by atoms with E-state index < -0.39 is 9.84 Å². The van der Waals surface area contributed by atoms with Crippen LogP contribution in [0.4, 0.5) is 10.5 Å². The van der Waals surface area contributed by atoms with Gasteiger partial charge in [-0.1, -0.05) is 0 Å². The quantitative estimate of drug-likeness (QED) is 0.470. The summed E-state index contributed by atoms with van der Waals surface area (Å²) in [6.45, 7) is 2.61. The van der Waals surface area contributed by atoms with E-state index in [9.17, 15) is 13.2 Å². The molecule has 1 fully saturated rings. The first-order valence-corrected chi connectivity index (χ1v) is 12.9. The van der Waals surface area contributed by atoms with Gasteiger partial charge in [0.05, 0.1) is 25.5 Å². The second kappa shape index (κ2) is 10.8. The zero-order chi connectivity index (χ0) is 24.9. The number of nitrogens with zero attached hydrogens (tertiary/aromatic N) is 1. The molecular formula is C24H33N4O5S+. The minimum absolute atomic E-state index is 0.0294. The highest BCUT2D eigenvalue weighted by Crippen LogP contribution is 2.32. The molecule has 0 bridgehead atoms. The van der Waals surface area contributed by atoms with Crippen LogP contribution >= 0.6 is 0 Å². The average Bonchev–Trinajstić information content (AvgIpc) is 2.82. The fraction of sp³-hybridized carbons (Fsp3) is 0.417. The summed E-state index contributed by atoms with van der Waals surface area (Å²) >= 11 is 0. The maximum atomic E-state index is 12.0. The molecule has 0 saturated carbocycles. The van der Waals surface area contributed by atoms with Crippen LogP contribution in [0.5, 0.6) is 11.5 Å². The van der Waals surface area contributed by atoms with Gasteiger partial charge in [0.15, 0.2) is 21.3 Å². The van der Waals surface area contributed by atoms with E-state index in [1.54, 1.807) is 21.3 Å². The lowest BCUT2D eigenvalue weighted by atomic mass is 9.93. The molecule has 34 heavy (non-hydrogen) atoms. The number of hydrogen-bond acceptors (Lipinski definition) is 6. The summed E-state index contributed by atoms with van der Waals surface area (Å²) in [5.41, 5.74) is 3.85. The van der Waals surface area contributed by atoms with Crippen LogP contribution in [0.1, 0.15) is 30.0 Å². The van der Waals surface area contributed by atoms with Crippen LogP contribution in [0, 0.1) is 0 Å². The third-order valence-electron chi connectivity index (χ3n) is 5.81. The molecule has 184 valence electrons. The number of methoxy groups -OCH3 is 2. The predicted molar refractivity (Wildman–Crippen MR) is 132 cm³/mol. The second-order valence-corrected chi connectivity index (χ2v) is 10.5. The zero-order valence-corrected chi connectivity index (χ0v) is 20.9. The number of amides is 2. The molecule has 10 heteroatoms. The maximum absolute atomic E-state index is 12.0. The number of carbonyl (C=O) groups excluding carboxylic acids is 1. The number of anilines is 1. The van der Waals surface area contributed by atoms with Crippen molar-refractivity contribution < 1.29 is 28.1 Å². The van der Waals surface area contributed by atoms with E-state index in [4.69, 9.17) is 14.9 Å². The minimum Gasteiger partial charge on any atom is -0.493 e. The van der Waals surface area contributed by atoms with E-state index >= 15 is 0 Å². The van der Waals surface area contributed by atoms with Crippen molar-refractivity contribution in [2.75, 3.05) is 44.3 Å². The van der Waals surface area contributed by atoms with Gasteiger partial charge in [-0.25, -0.2) is 13.2 Å². The molecule has 3 rings (SSSR count). The molecule has 2 aromatic carbocycles. The predicted octanol–water partition coefficient (Wildman–Crippen LogP) is 0.743. The average molecular weight is 490 g/mol. The topological polar surface area (TPSA) is 123 Å². The molecule has 1 heterocycles. The molecule has 1 aliphatic rings. The third-order valence-corrected chi connectivity index (χ3v) is 7.43. The van der Waals surface area contributed by atoms with Gasteiger partial charge in [-0.05, 0) is 61.7 Å². The monoisotopic (exact) mass is 489 g/mol. The number of ether oxygens (including phenoxy) is 2. The van der Waals surface area contributed by atoms with Gasteiger partial charge in [0.1, 0.15) is 5.88 Å². The van der Waals surface area contributed by atoms with Gasteiger partial charge in [-0.3, -0.25) is 5.41 Å². The Labute approximate surface area is 200 Å². The van der Waals surface area contributed by atoms with Crippen LogP contribution in [0.2, 0.25) is 0 Å². The summed E-state index contributed by atoms with van der Waals surface area (Å²) in [5, 5.41) is 12.0. The maximum Gasteiger partial charge on any atom is 0.314 e. The van der Waals surface area contributed by atoms with Crippen LogP contribution in [-0.4, -0.2) is 65.6 Å². The summed E-state index contributed by atoms with van der Waals surface area (Å²) < 4.78 is 35.0. The summed E-state index contributed by atoms with van der Waals surface area (Å²) in [7, 11) is 1.65. The smallest absolute Gasteiger partial charge is 0.314 e. The second-order valence-electron chi connectivity index (χ2n) is 8.35. The molecule has 1 aliphatic heterocycles. The largest absolute Gasteiger partial charge is 0.493 e. The molecule has 0 aromatic heterocycles. The van der Waals surface area contributed by atoms with Gasteiger partial charge in [0, 0.05) is 30.9 Å². The Kier molecular flexibility index (Phi) is 8.03. The third kappa shape index (κ3) is 5.99. The molecule has 0 spiro atoms. The fourth-order valence-electron chi connectivity index (χ4n) is 4.07. The Hall–Kier alpha value is -3.27. The van der Waals surface area contributed by atoms with Crippen molar-refractivity contribution >= 4 is 27.3 Å². The van der Waals surface area contributed by atoms with Gasteiger partial charge < -0.3 is 25.0 Å². The number of benzene rings is 2. The van der Waals surface area contributed by atoms with E-state index in [-0.39, 0.29) is 23.7 Å². The number of nitrogens with two attached hydrogens (primary N) is 1. The van der Waals surface area contributed by atoms with Crippen molar-refractivity contribution in [3.63, 3.8) is 0 Å². The zero-order valence-electron chi connectivity index (χ0n) is 20.1. The van der Waals surface area contributed by atoms with Crippen LogP contribution in [0.15, 0.2) is 36.4 Å². The van der Waals surface area contributed by atoms with Crippen molar-refractivity contribution in [1.29, 1.82) is 0 Å². The van der Waals surface area contributed by atoms with Crippen molar-refractivity contribution in [2.45, 2.75) is 25.8 Å². The number of carbonyl (C=O) groups is 1. The molecule has 2 amide bonds. The Morgan fingerprint density at radius 3 is 2.38 bits per heavy atom. The number of nitrogens with one attached hydrogen (secondary N) is 2. The fourth-order valence-corrected chi connectivity index (χ4v) is 5.52. The first kappa shape index (κ1) is 25.4. The van der Waals surface area contributed by atoms with Gasteiger partial charge in [-0.2, -0.15) is 0 Å². The van der Waals surface area contributed by atoms with Gasteiger partial charge in [0.25, 0.3) is 0 Å². The standard InChI is InChI=1S/C24H32N4O5S/c1-16(27-24(29)26-2)12-18-13-21(32-3)22(33-4)14-20(18)23(25)17-6-8-19(9-7-17)28-10-5-11-34(30,31)15-28/h6-9,13-14,16,25H,5,10-12,15H2,1-4H3,(H2,26,27,29)/p+1. The molecule has 2 aromatic rings. The number of rotatable bonds is 8. The molecule has 0 radical (unpaired) electrons. The van der Waals surface area contributed by atoms with Crippen LogP contribution in [-0.2, 0) is 16.3 Å². The molecule has 1 saturated heterocycles. The molecule has 4 N–H and O–H groups in total. The molecular weight excluding hydrogens is 456 g/mol. The van der Waals surface area contributed by atoms with E-state index in [1.165, 1.54) is 0 Å². The Morgan fingerprint density at radius 2 is 1.79 bits per heavy atom. The van der Waals surface area contributed by atoms with Crippen molar-refractivity contribution in [3.05, 3.63) is 53.1 Å². The first-order chi connectivity index (χ1) is 16.2. The molecule has 1 atom stereocenters. The summed E-state index contributed by atoms with van der Waals surface area (Å²) in [6, 6.07) is 10.8. The summed E-state index contributed by atoms with van der Waals surface area (Å²) in [6.07, 6.45) is 1.14. The number of urea groups is 1. The Balaban J connectivity index is 1.90. The van der Waals surface area contributed by atoms with E-state index in [0.717, 1.165) is 22.4 Å². The number of sulfone groups is 1. The minimum atomic E-state index is -3.06. The van der Waals surface area contributed by atoms with Gasteiger partial charge in [-0.15, -0.1) is 0 Å². The van der Waals surface area contributed by atoms with Crippen LogP contribution in [0.25, 0.3) is 0 Å². The van der Waals surface area contributed by atoms with E-state index in [1.807, 2.05) is 48.2 Å². The Morgan fingerprint density at radius 1 is 1.15 bits per heavy atom. The Bertz CT molecular complexity index is 1150. The lowest BCUT2D eigenvalue weighted by Gasteiger charge is -2.28. The lowest BCUT2D eigenvalue weighted by Crippen LogP contribution is -2.43. The van der Waals surface area contributed by atoms with Crippen LogP contribution < -0.4 is 30.4 Å². The SMILES string of the molecule is CNC(=O)NC(C)Cc1cc(OC)c(OC)cc1C(=[NH2+])c1ccc(N2CCCS(=O)(=O)C2)cc1. The highest BCUT2D eigenvalue weighted by molar-refractivity contribution is 7.91. The molecule has 9 nitrogen and oxygen atoms in total. The highest BCUT2D eigenvalue weighted by atomic mass is 32.2. The van der Waals surface area contributed by atoms with Crippen molar-refractivity contribution in [3.8, 4) is 11.5 Å². The van der Waals surface area contributed by atoms with E-state index in [2.05, 4.69) is 10.6 Å². The molecule has 0 aliphatic carbocycles. The van der Waals surface area contributed by atoms with Crippen molar-refractivity contribution in [1.82, 2.24) is 10.6 Å². The lowest BCUT2D eigenvalue weighted by molar-refractivity contribution is -0.111. The highest BCUT2D eigenvalue weighted by Gasteiger charge is 2.24. The summed E-state index contributed by atoms with van der Waals surface area (Å²) in [4.78, 5) is 13.6. The normalized spacial score (nSPS) is 15.8. The van der Waals surface area contributed by atoms with Crippen LogP contribution in [0.3, 0.4) is 0 Å². The van der Waals surface area contributed by atoms with E-state index in [0.29, 0.717) is 36.6 Å². The summed E-state index contributed by atoms with van der Waals surface area (Å²) in [5.74, 6) is 1.38. The van der Waals surface area contributed by atoms with Gasteiger partial charge >= 0.3 is 6.03 Å². The first-order valence-electron chi connectivity index (χ1n) is 11.1. The molecule has 1 unspecified atom stereocenters. The van der Waals surface area contributed by atoms with Gasteiger partial charge in [0.2, 0.25) is 5.71 Å². The van der Waals surface area contributed by atoms with Crippen molar-refractivity contribution in [2.24, 2.45) is 0 Å². The number of hydrogen-bond donors (Lipinski definition) is 3.